The molecule has 6 nitrogen and oxygen atoms in total. The number of fused-ring (bicyclic) bond motifs is 2. The molecule has 0 aromatic rings. The third-order valence-electron chi connectivity index (χ3n) is 6.03. The smallest absolute Gasteiger partial charge is 0.309 e. The summed E-state index contributed by atoms with van der Waals surface area (Å²) in [5, 5.41) is 0. The van der Waals surface area contributed by atoms with E-state index in [1.165, 1.54) is 6.92 Å². The van der Waals surface area contributed by atoms with Crippen molar-refractivity contribution in [2.24, 2.45) is 17.8 Å². The van der Waals surface area contributed by atoms with Crippen molar-refractivity contribution in [3.05, 3.63) is 11.6 Å². The number of ether oxygens (including phenoxy) is 3. The first-order valence-corrected chi connectivity index (χ1v) is 8.02. The molecule has 1 spiro atoms. The molecule has 7 atom stereocenters. The number of rotatable bonds is 1. The van der Waals surface area contributed by atoms with Gasteiger partial charge in [0.2, 0.25) is 0 Å². The van der Waals surface area contributed by atoms with Gasteiger partial charge in [-0.3, -0.25) is 14.4 Å². The zero-order valence-corrected chi connectivity index (χ0v) is 13.6. The molecule has 3 fully saturated rings. The highest BCUT2D eigenvalue weighted by molar-refractivity contribution is 6.05. The quantitative estimate of drug-likeness (QED) is 0.533. The van der Waals surface area contributed by atoms with Crippen LogP contribution in [0.2, 0.25) is 0 Å². The van der Waals surface area contributed by atoms with E-state index in [0.29, 0.717) is 6.42 Å². The van der Waals surface area contributed by atoms with Crippen LogP contribution in [0.5, 0.6) is 0 Å². The average molecular weight is 320 g/mol. The molecular weight excluding hydrogens is 300 g/mol. The third-order valence-corrected chi connectivity index (χ3v) is 6.03. The number of esters is 2. The van der Waals surface area contributed by atoms with Gasteiger partial charge in [0.25, 0.3) is 0 Å². The minimum atomic E-state index is -0.959. The van der Waals surface area contributed by atoms with Gasteiger partial charge in [0.15, 0.2) is 11.4 Å². The van der Waals surface area contributed by atoms with Crippen molar-refractivity contribution >= 4 is 17.7 Å². The van der Waals surface area contributed by atoms with Gasteiger partial charge in [-0.1, -0.05) is 12.5 Å². The molecule has 0 bridgehead atoms. The zero-order valence-electron chi connectivity index (χ0n) is 13.6. The monoisotopic (exact) mass is 320 g/mol. The fourth-order valence-corrected chi connectivity index (χ4v) is 5.03. The summed E-state index contributed by atoms with van der Waals surface area (Å²) in [6, 6.07) is 0. The van der Waals surface area contributed by atoms with Crippen LogP contribution in [0.4, 0.5) is 0 Å². The lowest BCUT2D eigenvalue weighted by Gasteiger charge is -2.30. The number of hydrogen-bond donors (Lipinski definition) is 0. The molecule has 0 radical (unpaired) electrons. The first-order valence-electron chi connectivity index (χ1n) is 8.02. The van der Waals surface area contributed by atoms with Crippen LogP contribution in [0.25, 0.3) is 0 Å². The molecule has 1 saturated carbocycles. The average Bonchev–Trinajstić information content (AvgIpc) is 2.82. The molecule has 23 heavy (non-hydrogen) atoms. The number of carbonyl (C=O) groups excluding carboxylic acids is 3. The number of ketones is 1. The van der Waals surface area contributed by atoms with Crippen molar-refractivity contribution in [3.63, 3.8) is 0 Å². The first kappa shape index (κ1) is 14.9. The van der Waals surface area contributed by atoms with Crippen LogP contribution < -0.4 is 0 Å². The Labute approximate surface area is 134 Å². The minimum absolute atomic E-state index is 0.0691. The van der Waals surface area contributed by atoms with Crippen molar-refractivity contribution in [2.45, 2.75) is 57.5 Å². The summed E-state index contributed by atoms with van der Waals surface area (Å²) in [5.74, 6) is -1.69. The highest BCUT2D eigenvalue weighted by Gasteiger charge is 2.81. The Hall–Kier alpha value is -1.69. The molecule has 2 aliphatic heterocycles. The topological polar surface area (TPSA) is 82.2 Å². The molecule has 0 N–H and O–H groups in total. The Balaban J connectivity index is 1.82. The molecule has 0 amide bonds. The van der Waals surface area contributed by atoms with Crippen molar-refractivity contribution in [1.82, 2.24) is 0 Å². The molecule has 0 aromatic heterocycles. The largest absolute Gasteiger partial charge is 0.462 e. The van der Waals surface area contributed by atoms with Gasteiger partial charge >= 0.3 is 11.9 Å². The van der Waals surface area contributed by atoms with Crippen LogP contribution in [-0.2, 0) is 28.6 Å². The van der Waals surface area contributed by atoms with Crippen molar-refractivity contribution in [2.75, 3.05) is 0 Å². The highest BCUT2D eigenvalue weighted by atomic mass is 16.6. The van der Waals surface area contributed by atoms with Crippen LogP contribution in [0.1, 0.15) is 34.1 Å². The summed E-state index contributed by atoms with van der Waals surface area (Å²) in [6.07, 6.45) is 1.03. The lowest BCUT2D eigenvalue weighted by Crippen LogP contribution is -2.42. The van der Waals surface area contributed by atoms with E-state index in [-0.39, 0.29) is 29.5 Å². The van der Waals surface area contributed by atoms with Crippen LogP contribution in [0.15, 0.2) is 11.6 Å². The molecule has 1 unspecified atom stereocenters. The Kier molecular flexibility index (Phi) is 2.74. The van der Waals surface area contributed by atoms with Gasteiger partial charge in [-0.25, -0.2) is 0 Å². The summed E-state index contributed by atoms with van der Waals surface area (Å²) >= 11 is 0. The molecule has 2 aliphatic carbocycles. The van der Waals surface area contributed by atoms with Crippen molar-refractivity contribution in [3.8, 4) is 0 Å². The van der Waals surface area contributed by atoms with Crippen LogP contribution >= 0.6 is 0 Å². The maximum Gasteiger partial charge on any atom is 0.309 e. The van der Waals surface area contributed by atoms with Crippen molar-refractivity contribution < 1.29 is 28.6 Å². The Morgan fingerprint density at radius 2 is 2.09 bits per heavy atom. The van der Waals surface area contributed by atoms with Crippen LogP contribution in [0.3, 0.4) is 0 Å². The summed E-state index contributed by atoms with van der Waals surface area (Å²) in [5.41, 5.74) is -0.766. The maximum absolute atomic E-state index is 12.6. The number of epoxide rings is 1. The lowest BCUT2D eigenvalue weighted by atomic mass is 9.77. The zero-order chi connectivity index (χ0) is 16.7. The normalized spacial score (nSPS) is 50.3. The lowest BCUT2D eigenvalue weighted by molar-refractivity contribution is -0.152. The van der Waals surface area contributed by atoms with Gasteiger partial charge in [0, 0.05) is 19.3 Å². The van der Waals surface area contributed by atoms with Gasteiger partial charge in [0.1, 0.15) is 17.8 Å². The van der Waals surface area contributed by atoms with Crippen molar-refractivity contribution in [1.29, 1.82) is 0 Å². The Bertz CT molecular complexity index is 666. The summed E-state index contributed by atoms with van der Waals surface area (Å²) in [7, 11) is 0. The molecule has 0 aromatic carbocycles. The summed E-state index contributed by atoms with van der Waals surface area (Å²) < 4.78 is 17.1. The predicted octanol–water partition coefficient (Wildman–Crippen LogP) is 1.17. The van der Waals surface area contributed by atoms with Gasteiger partial charge < -0.3 is 14.2 Å². The van der Waals surface area contributed by atoms with E-state index in [1.54, 1.807) is 13.0 Å². The van der Waals surface area contributed by atoms with E-state index in [0.717, 1.165) is 5.57 Å². The second-order valence-electron chi connectivity index (χ2n) is 7.42. The maximum atomic E-state index is 12.6. The van der Waals surface area contributed by atoms with Crippen LogP contribution in [0, 0.1) is 17.8 Å². The molecule has 4 rings (SSSR count). The molecule has 4 aliphatic rings. The summed E-state index contributed by atoms with van der Waals surface area (Å²) in [4.78, 5) is 36.3. The standard InChI is InChI=1S/C17H20O6/c1-7-5-11(19)17-13(7)14-12(8(2)15(20)22-14)10(21-9(3)18)6-16(17,4)23-17/h5,8,10,12-14H,6H2,1-4H3/t8-,10+,12-,13?,14+,16+,17-/m1/s1. The highest BCUT2D eigenvalue weighted by Crippen LogP contribution is 2.66. The predicted molar refractivity (Wildman–Crippen MR) is 77.2 cm³/mol. The first-order chi connectivity index (χ1) is 10.7. The second-order valence-corrected chi connectivity index (χ2v) is 7.42. The molecular formula is C17H20O6. The Morgan fingerprint density at radius 3 is 2.74 bits per heavy atom. The fraction of sp³-hybridized carbons (Fsp3) is 0.706. The van der Waals surface area contributed by atoms with Gasteiger partial charge in [0.05, 0.1) is 11.8 Å². The summed E-state index contributed by atoms with van der Waals surface area (Å²) in [6.45, 7) is 6.91. The molecule has 2 saturated heterocycles. The fourth-order valence-electron chi connectivity index (χ4n) is 5.03. The number of hydrogen-bond acceptors (Lipinski definition) is 6. The number of carbonyl (C=O) groups is 3. The Morgan fingerprint density at radius 1 is 1.39 bits per heavy atom. The van der Waals surface area contributed by atoms with E-state index < -0.39 is 29.4 Å². The van der Waals surface area contributed by atoms with Crippen LogP contribution in [-0.4, -0.2) is 41.1 Å². The third kappa shape index (κ3) is 1.65. The van der Waals surface area contributed by atoms with Gasteiger partial charge in [-0.15, -0.1) is 0 Å². The molecule has 2 heterocycles. The van der Waals surface area contributed by atoms with E-state index in [9.17, 15) is 14.4 Å². The van der Waals surface area contributed by atoms with Gasteiger partial charge in [-0.2, -0.15) is 0 Å². The van der Waals surface area contributed by atoms with E-state index in [2.05, 4.69) is 0 Å². The van der Waals surface area contributed by atoms with Gasteiger partial charge in [-0.05, 0) is 19.9 Å². The van der Waals surface area contributed by atoms with E-state index in [1.807, 2.05) is 13.8 Å². The van der Waals surface area contributed by atoms with E-state index >= 15 is 0 Å². The molecule has 6 heteroatoms. The van der Waals surface area contributed by atoms with E-state index in [4.69, 9.17) is 14.2 Å². The minimum Gasteiger partial charge on any atom is -0.462 e. The molecule has 124 valence electrons. The SMILES string of the molecule is CC(=O)O[C@H]1C[C@]2(C)O[C@@]23C(=O)C=C(C)C3[C@H]2OC(=O)[C@H](C)[C@H]12. The second kappa shape index (κ2) is 4.23.